The van der Waals surface area contributed by atoms with E-state index in [1.54, 1.807) is 12.1 Å². The molecule has 2 aromatic rings. The van der Waals surface area contributed by atoms with Crippen LogP contribution in [0.4, 0.5) is 18.9 Å². The lowest BCUT2D eigenvalue weighted by molar-refractivity contribution is -0.137. The van der Waals surface area contributed by atoms with Crippen molar-refractivity contribution in [2.45, 2.75) is 12.3 Å². The average molecular weight is 396 g/mol. The molecule has 1 fully saturated rings. The lowest BCUT2D eigenvalue weighted by atomic mass is 10.1. The van der Waals surface area contributed by atoms with E-state index >= 15 is 0 Å². The normalized spacial score (nSPS) is 16.8. The monoisotopic (exact) mass is 396 g/mol. The lowest BCUT2D eigenvalue weighted by Gasteiger charge is -2.37. The maximum Gasteiger partial charge on any atom is 0.416 e. The Morgan fingerprint density at radius 1 is 0.929 bits per heavy atom. The minimum atomic E-state index is -4.32. The van der Waals surface area contributed by atoms with Gasteiger partial charge < -0.3 is 19.8 Å². The molecule has 0 unspecified atom stereocenters. The van der Waals surface area contributed by atoms with Crippen LogP contribution in [0.5, 0.6) is 11.5 Å². The van der Waals surface area contributed by atoms with Crippen molar-refractivity contribution < 1.29 is 28.1 Å². The Hall–Kier alpha value is -2.45. The number of nitrogens with zero attached hydrogens (tertiary/aromatic N) is 2. The first-order chi connectivity index (χ1) is 13.3. The smallest absolute Gasteiger partial charge is 0.416 e. The summed E-state index contributed by atoms with van der Waals surface area (Å²) in [7, 11) is 0. The van der Waals surface area contributed by atoms with Crippen molar-refractivity contribution in [3.05, 3.63) is 54.1 Å². The third-order valence-electron chi connectivity index (χ3n) is 4.68. The maximum absolute atomic E-state index is 12.7. The van der Waals surface area contributed by atoms with Gasteiger partial charge in [0.05, 0.1) is 5.56 Å². The predicted molar refractivity (Wildman–Crippen MR) is 99.7 cm³/mol. The number of alkyl halides is 3. The van der Waals surface area contributed by atoms with Gasteiger partial charge in [-0.3, -0.25) is 4.90 Å². The van der Waals surface area contributed by atoms with Gasteiger partial charge in [0.1, 0.15) is 24.2 Å². The van der Waals surface area contributed by atoms with E-state index in [2.05, 4.69) is 4.90 Å². The first-order valence-electron chi connectivity index (χ1n) is 9.06. The molecule has 0 bridgehead atoms. The fourth-order valence-corrected chi connectivity index (χ4v) is 3.14. The summed E-state index contributed by atoms with van der Waals surface area (Å²) < 4.78 is 43.5. The van der Waals surface area contributed by atoms with E-state index in [0.29, 0.717) is 38.5 Å². The Balaban J connectivity index is 1.42. The fraction of sp³-hybridized carbons (Fsp3) is 0.400. The second-order valence-corrected chi connectivity index (χ2v) is 6.79. The highest BCUT2D eigenvalue weighted by Gasteiger charge is 2.30. The quantitative estimate of drug-likeness (QED) is 0.786. The van der Waals surface area contributed by atoms with Crippen molar-refractivity contribution in [1.29, 1.82) is 0 Å². The molecule has 1 heterocycles. The van der Waals surface area contributed by atoms with Crippen LogP contribution in [0.25, 0.3) is 0 Å². The molecule has 1 saturated heterocycles. The van der Waals surface area contributed by atoms with Gasteiger partial charge in [-0.25, -0.2) is 0 Å². The summed E-state index contributed by atoms with van der Waals surface area (Å²) in [5, 5.41) is 19.4. The van der Waals surface area contributed by atoms with E-state index in [9.17, 15) is 23.4 Å². The summed E-state index contributed by atoms with van der Waals surface area (Å²) in [6, 6.07) is 11.5. The molecule has 0 radical (unpaired) electrons. The zero-order chi connectivity index (χ0) is 20.1. The van der Waals surface area contributed by atoms with Crippen LogP contribution in [0, 0.1) is 0 Å². The van der Waals surface area contributed by atoms with Gasteiger partial charge in [-0.1, -0.05) is 0 Å². The number of aliphatic hydroxyl groups is 1. The number of aromatic hydroxyl groups is 1. The number of halogens is 3. The van der Waals surface area contributed by atoms with Crippen molar-refractivity contribution in [2.75, 3.05) is 44.2 Å². The van der Waals surface area contributed by atoms with Crippen molar-refractivity contribution in [3.8, 4) is 11.5 Å². The molecule has 2 N–H and O–H groups in total. The number of anilines is 1. The number of rotatable bonds is 6. The molecule has 2 aromatic carbocycles. The largest absolute Gasteiger partial charge is 0.508 e. The first kappa shape index (κ1) is 20.3. The summed E-state index contributed by atoms with van der Waals surface area (Å²) in [5.41, 5.74) is 0.121. The number of hydrogen-bond acceptors (Lipinski definition) is 5. The van der Waals surface area contributed by atoms with Crippen LogP contribution in [0.3, 0.4) is 0 Å². The third-order valence-corrected chi connectivity index (χ3v) is 4.68. The molecule has 0 aromatic heterocycles. The Labute approximate surface area is 161 Å². The highest BCUT2D eigenvalue weighted by molar-refractivity contribution is 5.48. The Kier molecular flexibility index (Phi) is 6.31. The van der Waals surface area contributed by atoms with Crippen molar-refractivity contribution in [3.63, 3.8) is 0 Å². The SMILES string of the molecule is Oc1ccc(OC[C@H](O)CN2CCN(c3ccc(C(F)(F)F)cc3)CC2)cc1. The van der Waals surface area contributed by atoms with Crippen LogP contribution in [0.1, 0.15) is 5.56 Å². The minimum Gasteiger partial charge on any atom is -0.508 e. The second-order valence-electron chi connectivity index (χ2n) is 6.79. The molecule has 8 heteroatoms. The Morgan fingerprint density at radius 2 is 1.54 bits per heavy atom. The number of phenols is 1. The fourth-order valence-electron chi connectivity index (χ4n) is 3.14. The molecule has 3 rings (SSSR count). The topological polar surface area (TPSA) is 56.2 Å². The molecule has 0 saturated carbocycles. The summed E-state index contributed by atoms with van der Waals surface area (Å²) in [6.45, 7) is 3.37. The number of β-amino-alcohol motifs (C(OH)–C–C–N with tert-alkyl or cyclic N) is 1. The van der Waals surface area contributed by atoms with Gasteiger partial charge in [0.15, 0.2) is 0 Å². The van der Waals surface area contributed by atoms with E-state index < -0.39 is 17.8 Å². The highest BCUT2D eigenvalue weighted by atomic mass is 19.4. The predicted octanol–water partition coefficient (Wildman–Crippen LogP) is 2.97. The Bertz CT molecular complexity index is 743. The molecule has 1 aliphatic heterocycles. The number of benzene rings is 2. The molecular formula is C20H23F3N2O3. The first-order valence-corrected chi connectivity index (χ1v) is 9.06. The summed E-state index contributed by atoms with van der Waals surface area (Å²) in [4.78, 5) is 4.14. The van der Waals surface area contributed by atoms with E-state index in [0.717, 1.165) is 17.8 Å². The highest BCUT2D eigenvalue weighted by Crippen LogP contribution is 2.30. The number of aliphatic hydroxyl groups excluding tert-OH is 1. The van der Waals surface area contributed by atoms with E-state index in [1.807, 2.05) is 4.90 Å². The van der Waals surface area contributed by atoms with Gasteiger partial charge in [-0.15, -0.1) is 0 Å². The van der Waals surface area contributed by atoms with E-state index in [4.69, 9.17) is 4.74 Å². The van der Waals surface area contributed by atoms with E-state index in [1.165, 1.54) is 24.3 Å². The molecule has 1 aliphatic rings. The molecule has 5 nitrogen and oxygen atoms in total. The van der Waals surface area contributed by atoms with Crippen LogP contribution < -0.4 is 9.64 Å². The van der Waals surface area contributed by atoms with E-state index in [-0.39, 0.29) is 12.4 Å². The molecular weight excluding hydrogens is 373 g/mol. The zero-order valence-corrected chi connectivity index (χ0v) is 15.3. The standard InChI is InChI=1S/C20H23F3N2O3/c21-20(22,23)15-1-3-16(4-2-15)25-11-9-24(10-12-25)13-18(27)14-28-19-7-5-17(26)6-8-19/h1-8,18,26-27H,9-14H2/t18-/m1/s1. The van der Waals surface area contributed by atoms with Crippen LogP contribution >= 0.6 is 0 Å². The van der Waals surface area contributed by atoms with Crippen LogP contribution in [0.15, 0.2) is 48.5 Å². The van der Waals surface area contributed by atoms with Gasteiger partial charge in [0.2, 0.25) is 0 Å². The number of phenolic OH excluding ortho intramolecular Hbond substituents is 1. The lowest BCUT2D eigenvalue weighted by Crippen LogP contribution is -2.49. The summed E-state index contributed by atoms with van der Waals surface area (Å²) in [6.07, 6.45) is -4.98. The van der Waals surface area contributed by atoms with Gasteiger partial charge in [-0.2, -0.15) is 13.2 Å². The average Bonchev–Trinajstić information content (AvgIpc) is 2.68. The van der Waals surface area contributed by atoms with Crippen molar-refractivity contribution in [1.82, 2.24) is 4.90 Å². The number of ether oxygens (including phenoxy) is 1. The molecule has 0 aliphatic carbocycles. The summed E-state index contributed by atoms with van der Waals surface area (Å²) >= 11 is 0. The molecule has 1 atom stereocenters. The maximum atomic E-state index is 12.7. The zero-order valence-electron chi connectivity index (χ0n) is 15.3. The second kappa shape index (κ2) is 8.70. The van der Waals surface area contributed by atoms with Crippen LogP contribution in [-0.2, 0) is 6.18 Å². The molecule has 152 valence electrons. The van der Waals surface area contributed by atoms with Crippen molar-refractivity contribution >= 4 is 5.69 Å². The summed E-state index contributed by atoms with van der Waals surface area (Å²) in [5.74, 6) is 0.725. The number of piperazine rings is 1. The Morgan fingerprint density at radius 3 is 2.11 bits per heavy atom. The van der Waals surface area contributed by atoms with Crippen LogP contribution in [0.2, 0.25) is 0 Å². The molecule has 0 spiro atoms. The van der Waals surface area contributed by atoms with Gasteiger partial charge >= 0.3 is 6.18 Å². The van der Waals surface area contributed by atoms with Gasteiger partial charge in [0, 0.05) is 38.4 Å². The number of hydrogen-bond donors (Lipinski definition) is 2. The third kappa shape index (κ3) is 5.53. The van der Waals surface area contributed by atoms with Gasteiger partial charge in [-0.05, 0) is 48.5 Å². The van der Waals surface area contributed by atoms with Crippen LogP contribution in [-0.4, -0.2) is 60.5 Å². The molecule has 28 heavy (non-hydrogen) atoms. The molecule has 0 amide bonds. The van der Waals surface area contributed by atoms with Crippen molar-refractivity contribution in [2.24, 2.45) is 0 Å². The van der Waals surface area contributed by atoms with Gasteiger partial charge in [0.25, 0.3) is 0 Å². The minimum absolute atomic E-state index is 0.143.